The molecule has 0 aliphatic heterocycles. The maximum Gasteiger partial charge on any atom is 0.183 e. The van der Waals surface area contributed by atoms with E-state index in [1.807, 2.05) is 0 Å². The zero-order chi connectivity index (χ0) is 15.2. The Labute approximate surface area is 126 Å². The van der Waals surface area contributed by atoms with Crippen LogP contribution in [0.4, 0.5) is 10.1 Å². The lowest BCUT2D eigenvalue weighted by molar-refractivity contribution is 0.0613. The number of aliphatic hydroxyl groups excluding tert-OH is 1. The summed E-state index contributed by atoms with van der Waals surface area (Å²) in [4.78, 5) is 0. The predicted molar refractivity (Wildman–Crippen MR) is 79.3 cm³/mol. The highest BCUT2D eigenvalue weighted by molar-refractivity contribution is 6.30. The van der Waals surface area contributed by atoms with E-state index in [1.165, 1.54) is 12.1 Å². The van der Waals surface area contributed by atoms with Crippen molar-refractivity contribution < 1.29 is 19.0 Å². The van der Waals surface area contributed by atoms with Crippen LogP contribution in [0, 0.1) is 5.82 Å². The number of nitrogens with two attached hydrogens (primary N) is 1. The summed E-state index contributed by atoms with van der Waals surface area (Å²) in [5.74, 6) is -0.0722. The smallest absolute Gasteiger partial charge is 0.183 e. The number of aliphatic hydroxyl groups is 1. The lowest BCUT2D eigenvalue weighted by Crippen LogP contribution is -2.25. The quantitative estimate of drug-likeness (QED) is 0.805. The molecule has 21 heavy (non-hydrogen) atoms. The molecule has 0 fully saturated rings. The van der Waals surface area contributed by atoms with Gasteiger partial charge in [-0.25, -0.2) is 4.39 Å². The molecule has 1 unspecified atom stereocenters. The molecule has 0 aromatic heterocycles. The third kappa shape index (κ3) is 4.51. The highest BCUT2D eigenvalue weighted by Crippen LogP contribution is 2.24. The Bertz CT molecular complexity index is 592. The van der Waals surface area contributed by atoms with Crippen LogP contribution in [0.2, 0.25) is 5.02 Å². The number of benzene rings is 2. The topological polar surface area (TPSA) is 64.7 Å². The van der Waals surface area contributed by atoms with Crippen molar-refractivity contribution in [2.45, 2.75) is 6.10 Å². The number of hydrogen-bond acceptors (Lipinski definition) is 4. The maximum absolute atomic E-state index is 13.6. The zero-order valence-corrected chi connectivity index (χ0v) is 11.9. The summed E-state index contributed by atoms with van der Waals surface area (Å²) in [6.45, 7) is -0.0850. The van der Waals surface area contributed by atoms with Gasteiger partial charge in [0.25, 0.3) is 0 Å². The Kier molecular flexibility index (Phi) is 5.25. The summed E-state index contributed by atoms with van der Waals surface area (Å²) in [6, 6.07) is 11.2. The fourth-order valence-electron chi connectivity index (χ4n) is 1.59. The summed E-state index contributed by atoms with van der Waals surface area (Å²) in [7, 11) is 0. The summed E-state index contributed by atoms with van der Waals surface area (Å²) in [5.41, 5.74) is 6.18. The third-order valence-electron chi connectivity index (χ3n) is 2.67. The summed E-state index contributed by atoms with van der Waals surface area (Å²) >= 11 is 5.63. The molecule has 0 saturated carbocycles. The standard InChI is InChI=1S/C15H15ClFNO3/c16-13-2-1-3-14(15(13)17)21-9-11(19)8-20-12-6-4-10(18)5-7-12/h1-7,11,19H,8-9,18H2. The molecule has 0 bridgehead atoms. The molecule has 3 N–H and O–H groups in total. The molecule has 0 radical (unpaired) electrons. The van der Waals surface area contributed by atoms with Crippen molar-refractivity contribution in [1.29, 1.82) is 0 Å². The molecule has 0 aliphatic carbocycles. The molecule has 4 nitrogen and oxygen atoms in total. The number of nitrogen functional groups attached to an aromatic ring is 1. The van der Waals surface area contributed by atoms with Gasteiger partial charge in [0.05, 0.1) is 5.02 Å². The molecular formula is C15H15ClFNO3. The van der Waals surface area contributed by atoms with Gasteiger partial charge in [0.1, 0.15) is 25.1 Å². The second-order valence-corrected chi connectivity index (χ2v) is 4.80. The van der Waals surface area contributed by atoms with Gasteiger partial charge in [0.2, 0.25) is 0 Å². The Morgan fingerprint density at radius 2 is 1.76 bits per heavy atom. The molecule has 0 saturated heterocycles. The van der Waals surface area contributed by atoms with E-state index >= 15 is 0 Å². The van der Waals surface area contributed by atoms with Gasteiger partial charge in [-0.3, -0.25) is 0 Å². The van der Waals surface area contributed by atoms with Crippen molar-refractivity contribution in [3.8, 4) is 11.5 Å². The summed E-state index contributed by atoms with van der Waals surface area (Å²) in [5, 5.41) is 9.73. The molecule has 1 atom stereocenters. The fraction of sp³-hybridized carbons (Fsp3) is 0.200. The number of halogens is 2. The minimum atomic E-state index is -0.902. The van der Waals surface area contributed by atoms with E-state index in [0.717, 1.165) is 0 Å². The zero-order valence-electron chi connectivity index (χ0n) is 11.1. The van der Waals surface area contributed by atoms with E-state index < -0.39 is 11.9 Å². The minimum absolute atomic E-state index is 0.00552. The van der Waals surface area contributed by atoms with E-state index in [1.54, 1.807) is 30.3 Å². The molecule has 2 aromatic rings. The van der Waals surface area contributed by atoms with Crippen LogP contribution in [-0.2, 0) is 0 Å². The van der Waals surface area contributed by atoms with E-state index in [9.17, 15) is 9.50 Å². The normalized spacial score (nSPS) is 12.0. The molecule has 6 heteroatoms. The summed E-state index contributed by atoms with van der Waals surface area (Å²) in [6.07, 6.45) is -0.902. The predicted octanol–water partition coefficient (Wildman–Crippen LogP) is 2.88. The second-order valence-electron chi connectivity index (χ2n) is 4.40. The number of anilines is 1. The Balaban J connectivity index is 1.80. The van der Waals surface area contributed by atoms with E-state index in [0.29, 0.717) is 11.4 Å². The maximum atomic E-state index is 13.6. The van der Waals surface area contributed by atoms with Gasteiger partial charge in [-0.1, -0.05) is 17.7 Å². The molecule has 2 aromatic carbocycles. The molecular weight excluding hydrogens is 297 g/mol. The molecule has 2 rings (SSSR count). The molecule has 112 valence electrons. The Hall–Kier alpha value is -1.98. The number of ether oxygens (including phenoxy) is 2. The Morgan fingerprint density at radius 3 is 2.48 bits per heavy atom. The largest absolute Gasteiger partial charge is 0.491 e. The van der Waals surface area contributed by atoms with Gasteiger partial charge in [-0.15, -0.1) is 0 Å². The van der Waals surface area contributed by atoms with Crippen molar-refractivity contribution in [2.75, 3.05) is 18.9 Å². The van der Waals surface area contributed by atoms with Crippen molar-refractivity contribution in [3.05, 3.63) is 53.3 Å². The van der Waals surface area contributed by atoms with Crippen molar-refractivity contribution >= 4 is 17.3 Å². The first kappa shape index (κ1) is 15.4. The first-order valence-corrected chi connectivity index (χ1v) is 6.67. The van der Waals surface area contributed by atoms with E-state index in [-0.39, 0.29) is 24.0 Å². The Morgan fingerprint density at radius 1 is 1.10 bits per heavy atom. The fourth-order valence-corrected chi connectivity index (χ4v) is 1.75. The van der Waals surface area contributed by atoms with Crippen LogP contribution >= 0.6 is 11.6 Å². The second kappa shape index (κ2) is 7.15. The van der Waals surface area contributed by atoms with E-state index in [2.05, 4.69) is 0 Å². The van der Waals surface area contributed by atoms with Gasteiger partial charge in [0.15, 0.2) is 11.6 Å². The first-order valence-electron chi connectivity index (χ1n) is 6.29. The van der Waals surface area contributed by atoms with Crippen molar-refractivity contribution in [3.63, 3.8) is 0 Å². The van der Waals surface area contributed by atoms with Gasteiger partial charge >= 0.3 is 0 Å². The van der Waals surface area contributed by atoms with Gasteiger partial charge in [-0.2, -0.15) is 0 Å². The molecule has 0 aliphatic rings. The third-order valence-corrected chi connectivity index (χ3v) is 2.96. The van der Waals surface area contributed by atoms with Crippen LogP contribution in [-0.4, -0.2) is 24.4 Å². The molecule has 0 spiro atoms. The number of hydrogen-bond donors (Lipinski definition) is 2. The lowest BCUT2D eigenvalue weighted by Gasteiger charge is -2.14. The molecule has 0 amide bonds. The highest BCUT2D eigenvalue weighted by atomic mass is 35.5. The molecule has 0 heterocycles. The monoisotopic (exact) mass is 311 g/mol. The van der Waals surface area contributed by atoms with Crippen molar-refractivity contribution in [1.82, 2.24) is 0 Å². The van der Waals surface area contributed by atoms with Crippen molar-refractivity contribution in [2.24, 2.45) is 0 Å². The average Bonchev–Trinajstić information content (AvgIpc) is 2.48. The SMILES string of the molecule is Nc1ccc(OCC(O)COc2cccc(Cl)c2F)cc1. The lowest BCUT2D eigenvalue weighted by atomic mass is 10.3. The van der Waals surface area contributed by atoms with Gasteiger partial charge in [0, 0.05) is 5.69 Å². The van der Waals surface area contributed by atoms with Crippen LogP contribution < -0.4 is 15.2 Å². The minimum Gasteiger partial charge on any atom is -0.491 e. The van der Waals surface area contributed by atoms with Crippen LogP contribution in [0.5, 0.6) is 11.5 Å². The van der Waals surface area contributed by atoms with Crippen LogP contribution in [0.3, 0.4) is 0 Å². The highest BCUT2D eigenvalue weighted by Gasteiger charge is 2.11. The first-order chi connectivity index (χ1) is 10.1. The van der Waals surface area contributed by atoms with Crippen LogP contribution in [0.1, 0.15) is 0 Å². The van der Waals surface area contributed by atoms with Crippen LogP contribution in [0.25, 0.3) is 0 Å². The van der Waals surface area contributed by atoms with Gasteiger partial charge in [-0.05, 0) is 36.4 Å². The van der Waals surface area contributed by atoms with Gasteiger partial charge < -0.3 is 20.3 Å². The van der Waals surface area contributed by atoms with Crippen LogP contribution in [0.15, 0.2) is 42.5 Å². The summed E-state index contributed by atoms with van der Waals surface area (Å²) < 4.78 is 24.1. The van der Waals surface area contributed by atoms with E-state index in [4.69, 9.17) is 26.8 Å². The average molecular weight is 312 g/mol. The number of rotatable bonds is 6.